The van der Waals surface area contributed by atoms with Gasteiger partial charge < -0.3 is 16.0 Å². The van der Waals surface area contributed by atoms with Crippen LogP contribution in [0.2, 0.25) is 0 Å². The Kier molecular flexibility index (Phi) is 3.94. The highest BCUT2D eigenvalue weighted by Gasteiger charge is 2.39. The van der Waals surface area contributed by atoms with Crippen LogP contribution >= 0.6 is 0 Å². The molecule has 0 radical (unpaired) electrons. The van der Waals surface area contributed by atoms with Gasteiger partial charge in [-0.05, 0) is 59.5 Å². The molecule has 0 bridgehead atoms. The number of rotatable bonds is 3. The van der Waals surface area contributed by atoms with E-state index in [1.807, 2.05) is 0 Å². The molecule has 0 aromatic heterocycles. The molecule has 4 nitrogen and oxygen atoms in total. The Hall–Kier alpha value is -0.610. The molecule has 2 rings (SSSR count). The number of amides is 1. The van der Waals surface area contributed by atoms with Gasteiger partial charge in [-0.1, -0.05) is 6.92 Å². The predicted octanol–water partition coefficient (Wildman–Crippen LogP) is 1.27. The number of hydrogen-bond donors (Lipinski definition) is 3. The molecule has 0 aliphatic carbocycles. The van der Waals surface area contributed by atoms with Crippen molar-refractivity contribution in [2.75, 3.05) is 13.1 Å². The summed E-state index contributed by atoms with van der Waals surface area (Å²) in [6.07, 6.45) is 2.00. The summed E-state index contributed by atoms with van der Waals surface area (Å²) >= 11 is 0. The van der Waals surface area contributed by atoms with Gasteiger partial charge >= 0.3 is 0 Å². The molecule has 0 spiro atoms. The SMILES string of the molecule is CC(C(=O)NC1CC(C)(C)NC(C)(C)C1)C1CNC1. The van der Waals surface area contributed by atoms with Gasteiger partial charge in [0.1, 0.15) is 0 Å². The molecule has 110 valence electrons. The Morgan fingerprint density at radius 3 is 2.11 bits per heavy atom. The molecule has 19 heavy (non-hydrogen) atoms. The van der Waals surface area contributed by atoms with Crippen LogP contribution in [-0.4, -0.2) is 36.1 Å². The Balaban J connectivity index is 1.92. The summed E-state index contributed by atoms with van der Waals surface area (Å²) in [7, 11) is 0. The first-order chi connectivity index (χ1) is 8.69. The third-order valence-corrected chi connectivity index (χ3v) is 4.47. The maximum Gasteiger partial charge on any atom is 0.223 e. The van der Waals surface area contributed by atoms with Crippen LogP contribution in [0.5, 0.6) is 0 Å². The molecule has 3 N–H and O–H groups in total. The van der Waals surface area contributed by atoms with Crippen molar-refractivity contribution in [3.05, 3.63) is 0 Å². The highest BCUT2D eigenvalue weighted by Crippen LogP contribution is 2.29. The second-order valence-corrected chi connectivity index (χ2v) is 7.71. The van der Waals surface area contributed by atoms with Crippen molar-refractivity contribution in [3.8, 4) is 0 Å². The molecule has 1 atom stereocenters. The van der Waals surface area contributed by atoms with E-state index in [1.54, 1.807) is 0 Å². The lowest BCUT2D eigenvalue weighted by Gasteiger charge is -2.47. The fourth-order valence-electron chi connectivity index (χ4n) is 3.64. The molecule has 0 aromatic carbocycles. The van der Waals surface area contributed by atoms with E-state index in [0.29, 0.717) is 5.92 Å². The fraction of sp³-hybridized carbons (Fsp3) is 0.933. The van der Waals surface area contributed by atoms with E-state index in [2.05, 4.69) is 50.6 Å². The van der Waals surface area contributed by atoms with Crippen LogP contribution in [0.3, 0.4) is 0 Å². The van der Waals surface area contributed by atoms with Gasteiger partial charge in [0.15, 0.2) is 0 Å². The van der Waals surface area contributed by atoms with E-state index < -0.39 is 0 Å². The van der Waals surface area contributed by atoms with Crippen LogP contribution in [-0.2, 0) is 4.79 Å². The highest BCUT2D eigenvalue weighted by atomic mass is 16.1. The minimum Gasteiger partial charge on any atom is -0.353 e. The molecular weight excluding hydrogens is 238 g/mol. The van der Waals surface area contributed by atoms with Crippen molar-refractivity contribution >= 4 is 5.91 Å². The number of piperidine rings is 1. The van der Waals surface area contributed by atoms with Crippen molar-refractivity contribution in [2.45, 2.75) is 64.6 Å². The molecule has 2 saturated heterocycles. The van der Waals surface area contributed by atoms with Crippen LogP contribution in [0.1, 0.15) is 47.5 Å². The van der Waals surface area contributed by atoms with E-state index in [4.69, 9.17) is 0 Å². The molecule has 0 saturated carbocycles. The largest absolute Gasteiger partial charge is 0.353 e. The summed E-state index contributed by atoms with van der Waals surface area (Å²) in [5.74, 6) is 0.870. The van der Waals surface area contributed by atoms with Gasteiger partial charge in [-0.3, -0.25) is 4.79 Å². The molecule has 0 aromatic rings. The van der Waals surface area contributed by atoms with Gasteiger partial charge in [-0.25, -0.2) is 0 Å². The summed E-state index contributed by atoms with van der Waals surface area (Å²) in [6.45, 7) is 12.9. The van der Waals surface area contributed by atoms with Crippen LogP contribution in [0, 0.1) is 11.8 Å². The fourth-order valence-corrected chi connectivity index (χ4v) is 3.64. The highest BCUT2D eigenvalue weighted by molar-refractivity contribution is 5.79. The zero-order chi connectivity index (χ0) is 14.3. The van der Waals surface area contributed by atoms with E-state index in [0.717, 1.165) is 25.9 Å². The third-order valence-electron chi connectivity index (χ3n) is 4.47. The number of hydrogen-bond acceptors (Lipinski definition) is 3. The molecule has 1 unspecified atom stereocenters. The zero-order valence-corrected chi connectivity index (χ0v) is 13.0. The first kappa shape index (κ1) is 14.8. The van der Waals surface area contributed by atoms with Crippen molar-refractivity contribution in [1.82, 2.24) is 16.0 Å². The Labute approximate surface area is 117 Å². The van der Waals surface area contributed by atoms with E-state index in [-0.39, 0.29) is 28.9 Å². The van der Waals surface area contributed by atoms with Gasteiger partial charge in [-0.2, -0.15) is 0 Å². The summed E-state index contributed by atoms with van der Waals surface area (Å²) in [6, 6.07) is 0.286. The van der Waals surface area contributed by atoms with Gasteiger partial charge in [0.2, 0.25) is 5.91 Å². The summed E-state index contributed by atoms with van der Waals surface area (Å²) in [5, 5.41) is 10.2. The lowest BCUT2D eigenvalue weighted by atomic mass is 9.79. The molecular formula is C15H29N3O. The lowest BCUT2D eigenvalue weighted by molar-refractivity contribution is -0.128. The molecule has 2 aliphatic heterocycles. The maximum atomic E-state index is 12.3. The topological polar surface area (TPSA) is 53.2 Å². The number of nitrogens with one attached hydrogen (secondary N) is 3. The average molecular weight is 267 g/mol. The van der Waals surface area contributed by atoms with Crippen LogP contribution in [0.25, 0.3) is 0 Å². The Morgan fingerprint density at radius 1 is 1.16 bits per heavy atom. The van der Waals surface area contributed by atoms with E-state index in [9.17, 15) is 4.79 Å². The number of carbonyl (C=O) groups is 1. The van der Waals surface area contributed by atoms with Crippen LogP contribution < -0.4 is 16.0 Å². The number of carbonyl (C=O) groups excluding carboxylic acids is 1. The normalized spacial score (nSPS) is 28.5. The smallest absolute Gasteiger partial charge is 0.223 e. The van der Waals surface area contributed by atoms with Crippen molar-refractivity contribution in [1.29, 1.82) is 0 Å². The minimum atomic E-state index is 0.0843. The van der Waals surface area contributed by atoms with E-state index >= 15 is 0 Å². The van der Waals surface area contributed by atoms with Crippen LogP contribution in [0.15, 0.2) is 0 Å². The van der Waals surface area contributed by atoms with Crippen molar-refractivity contribution < 1.29 is 4.79 Å². The summed E-state index contributed by atoms with van der Waals surface area (Å²) in [4.78, 5) is 12.3. The molecule has 2 aliphatic rings. The molecule has 2 fully saturated rings. The lowest BCUT2D eigenvalue weighted by Crippen LogP contribution is -2.62. The maximum absolute atomic E-state index is 12.3. The summed E-state index contributed by atoms with van der Waals surface area (Å²) < 4.78 is 0. The van der Waals surface area contributed by atoms with Gasteiger partial charge in [-0.15, -0.1) is 0 Å². The zero-order valence-electron chi connectivity index (χ0n) is 13.0. The molecule has 2 heterocycles. The standard InChI is InChI=1S/C15H29N3O/c1-10(11-8-16-9-11)13(19)17-12-6-14(2,3)18-15(4,5)7-12/h10-12,16,18H,6-9H2,1-5H3,(H,17,19). The van der Waals surface area contributed by atoms with Crippen molar-refractivity contribution in [2.24, 2.45) is 11.8 Å². The first-order valence-electron chi connectivity index (χ1n) is 7.49. The van der Waals surface area contributed by atoms with E-state index in [1.165, 1.54) is 0 Å². The predicted molar refractivity (Wildman–Crippen MR) is 78.0 cm³/mol. The molecule has 4 heteroatoms. The summed E-state index contributed by atoms with van der Waals surface area (Å²) in [5.41, 5.74) is 0.169. The first-order valence-corrected chi connectivity index (χ1v) is 7.49. The average Bonchev–Trinajstić information content (AvgIpc) is 2.08. The van der Waals surface area contributed by atoms with Gasteiger partial charge in [0.25, 0.3) is 0 Å². The Morgan fingerprint density at radius 2 is 1.68 bits per heavy atom. The van der Waals surface area contributed by atoms with Gasteiger partial charge in [0.05, 0.1) is 0 Å². The molecule has 1 amide bonds. The Bertz CT molecular complexity index is 331. The van der Waals surface area contributed by atoms with Crippen molar-refractivity contribution in [3.63, 3.8) is 0 Å². The quantitative estimate of drug-likeness (QED) is 0.722. The van der Waals surface area contributed by atoms with Gasteiger partial charge in [0, 0.05) is 23.0 Å². The third kappa shape index (κ3) is 3.69. The second-order valence-electron chi connectivity index (χ2n) is 7.71. The monoisotopic (exact) mass is 267 g/mol. The second kappa shape index (κ2) is 5.06. The van der Waals surface area contributed by atoms with Crippen LogP contribution in [0.4, 0.5) is 0 Å². The minimum absolute atomic E-state index is 0.0843.